The molecule has 0 aliphatic carbocycles. The molecule has 1 aromatic heterocycles. The quantitative estimate of drug-likeness (QED) is 0.502. The van der Waals surface area contributed by atoms with E-state index in [2.05, 4.69) is 17.1 Å². The number of hydrogen-bond donors (Lipinski definition) is 0. The third-order valence-electron chi connectivity index (χ3n) is 2.37. The molecule has 7 heteroatoms. The van der Waals surface area contributed by atoms with Gasteiger partial charge in [-0.05, 0) is 36.9 Å². The minimum atomic E-state index is 0.647. The van der Waals surface area contributed by atoms with Crippen molar-refractivity contribution in [2.45, 2.75) is 22.5 Å². The van der Waals surface area contributed by atoms with Gasteiger partial charge < -0.3 is 9.47 Å². The van der Waals surface area contributed by atoms with Crippen molar-refractivity contribution in [1.29, 1.82) is 0 Å². The van der Waals surface area contributed by atoms with Gasteiger partial charge in [0.15, 0.2) is 8.68 Å². The van der Waals surface area contributed by atoms with Gasteiger partial charge in [-0.1, -0.05) is 41.8 Å². The SMILES string of the molecule is CCOc1ccc(OCCSc2nnc(SCC)s2)cc1. The van der Waals surface area contributed by atoms with Gasteiger partial charge in [0.05, 0.1) is 13.2 Å². The molecule has 0 fully saturated rings. The Bertz CT molecular complexity index is 531. The van der Waals surface area contributed by atoms with E-state index in [4.69, 9.17) is 9.47 Å². The van der Waals surface area contributed by atoms with Gasteiger partial charge >= 0.3 is 0 Å². The lowest BCUT2D eigenvalue weighted by Gasteiger charge is -2.06. The highest BCUT2D eigenvalue weighted by molar-refractivity contribution is 8.03. The highest BCUT2D eigenvalue weighted by atomic mass is 32.2. The van der Waals surface area contributed by atoms with Crippen LogP contribution < -0.4 is 9.47 Å². The number of hydrogen-bond acceptors (Lipinski definition) is 7. The third kappa shape index (κ3) is 5.76. The first kappa shape index (κ1) is 16.5. The van der Waals surface area contributed by atoms with Crippen molar-refractivity contribution in [1.82, 2.24) is 10.2 Å². The van der Waals surface area contributed by atoms with Crippen molar-refractivity contribution in [3.63, 3.8) is 0 Å². The predicted octanol–water partition coefficient (Wildman–Crippen LogP) is 4.22. The van der Waals surface area contributed by atoms with Gasteiger partial charge in [-0.25, -0.2) is 0 Å². The fourth-order valence-corrected chi connectivity index (χ4v) is 4.33. The molecule has 2 aromatic rings. The van der Waals surface area contributed by atoms with Crippen molar-refractivity contribution >= 4 is 34.9 Å². The monoisotopic (exact) mass is 342 g/mol. The Labute approximate surface area is 137 Å². The summed E-state index contributed by atoms with van der Waals surface area (Å²) in [6.45, 7) is 5.41. The van der Waals surface area contributed by atoms with Gasteiger partial charge in [0, 0.05) is 5.75 Å². The van der Waals surface area contributed by atoms with Gasteiger partial charge in [0.2, 0.25) is 0 Å². The summed E-state index contributed by atoms with van der Waals surface area (Å²) in [6.07, 6.45) is 0. The molecule has 0 bridgehead atoms. The molecular formula is C14H18N2O2S3. The van der Waals surface area contributed by atoms with Crippen LogP contribution in [0.5, 0.6) is 11.5 Å². The van der Waals surface area contributed by atoms with Crippen molar-refractivity contribution in [2.24, 2.45) is 0 Å². The Morgan fingerprint density at radius 3 is 2.19 bits per heavy atom. The molecular weight excluding hydrogens is 324 g/mol. The molecule has 0 aliphatic rings. The first-order valence-corrected chi connectivity index (χ1v) is 9.55. The summed E-state index contributed by atoms with van der Waals surface area (Å²) in [5.74, 6) is 3.62. The van der Waals surface area contributed by atoms with Gasteiger partial charge in [-0.3, -0.25) is 0 Å². The lowest BCUT2D eigenvalue weighted by molar-refractivity contribution is 0.332. The van der Waals surface area contributed by atoms with Crippen LogP contribution in [-0.4, -0.2) is 34.9 Å². The van der Waals surface area contributed by atoms with Crippen LogP contribution in [0.15, 0.2) is 32.9 Å². The molecule has 4 nitrogen and oxygen atoms in total. The number of benzene rings is 1. The molecule has 0 amide bonds. The number of rotatable bonds is 9. The molecule has 0 spiro atoms. The van der Waals surface area contributed by atoms with Crippen LogP contribution in [0, 0.1) is 0 Å². The minimum Gasteiger partial charge on any atom is -0.494 e. The normalized spacial score (nSPS) is 10.6. The average molecular weight is 343 g/mol. The fourth-order valence-electron chi connectivity index (χ4n) is 1.52. The van der Waals surface area contributed by atoms with Crippen molar-refractivity contribution < 1.29 is 9.47 Å². The van der Waals surface area contributed by atoms with E-state index in [1.165, 1.54) is 0 Å². The van der Waals surface area contributed by atoms with Crippen molar-refractivity contribution in [2.75, 3.05) is 24.7 Å². The van der Waals surface area contributed by atoms with E-state index in [1.807, 2.05) is 31.2 Å². The standard InChI is InChI=1S/C14H18N2O2S3/c1-3-17-11-5-7-12(8-6-11)18-9-10-20-14-16-15-13(21-14)19-4-2/h5-8H,3-4,9-10H2,1-2H3. The maximum atomic E-state index is 5.69. The fraction of sp³-hybridized carbons (Fsp3) is 0.429. The summed E-state index contributed by atoms with van der Waals surface area (Å²) < 4.78 is 13.1. The Kier molecular flexibility index (Phi) is 7.18. The van der Waals surface area contributed by atoms with Crippen molar-refractivity contribution in [3.8, 4) is 11.5 Å². The first-order valence-electron chi connectivity index (χ1n) is 6.76. The van der Waals surface area contributed by atoms with Crippen LogP contribution in [0.2, 0.25) is 0 Å². The predicted molar refractivity (Wildman–Crippen MR) is 90.1 cm³/mol. The maximum Gasteiger partial charge on any atom is 0.175 e. The largest absolute Gasteiger partial charge is 0.494 e. The van der Waals surface area contributed by atoms with Gasteiger partial charge in [0.1, 0.15) is 11.5 Å². The van der Waals surface area contributed by atoms with Crippen LogP contribution in [0.1, 0.15) is 13.8 Å². The van der Waals surface area contributed by atoms with Crippen LogP contribution in [0.4, 0.5) is 0 Å². The van der Waals surface area contributed by atoms with Gasteiger partial charge in [-0.2, -0.15) is 0 Å². The molecule has 0 unspecified atom stereocenters. The van der Waals surface area contributed by atoms with Crippen LogP contribution in [-0.2, 0) is 0 Å². The number of nitrogens with zero attached hydrogens (tertiary/aromatic N) is 2. The van der Waals surface area contributed by atoms with Crippen molar-refractivity contribution in [3.05, 3.63) is 24.3 Å². The third-order valence-corrected chi connectivity index (χ3v) is 5.40. The summed E-state index contributed by atoms with van der Waals surface area (Å²) in [5.41, 5.74) is 0. The van der Waals surface area contributed by atoms with E-state index in [0.717, 1.165) is 31.7 Å². The van der Waals surface area contributed by atoms with Gasteiger partial charge in [-0.15, -0.1) is 10.2 Å². The van der Waals surface area contributed by atoms with Crippen LogP contribution >= 0.6 is 34.9 Å². The summed E-state index contributed by atoms with van der Waals surface area (Å²) in [6, 6.07) is 7.70. The first-order chi connectivity index (χ1) is 10.3. The molecule has 1 aromatic carbocycles. The molecule has 114 valence electrons. The Morgan fingerprint density at radius 2 is 1.57 bits per heavy atom. The zero-order valence-corrected chi connectivity index (χ0v) is 14.5. The van der Waals surface area contributed by atoms with E-state index in [1.54, 1.807) is 34.9 Å². The molecule has 0 N–H and O–H groups in total. The Morgan fingerprint density at radius 1 is 0.952 bits per heavy atom. The zero-order valence-electron chi connectivity index (χ0n) is 12.1. The second kappa shape index (κ2) is 9.17. The van der Waals surface area contributed by atoms with Crippen LogP contribution in [0.3, 0.4) is 0 Å². The molecule has 0 saturated heterocycles. The maximum absolute atomic E-state index is 5.69. The molecule has 0 saturated carbocycles. The minimum absolute atomic E-state index is 0.647. The molecule has 2 rings (SSSR count). The second-order valence-corrected chi connectivity index (χ2v) is 7.70. The molecule has 0 radical (unpaired) electrons. The zero-order chi connectivity index (χ0) is 14.9. The Hall–Kier alpha value is -0.920. The number of thioether (sulfide) groups is 2. The molecule has 1 heterocycles. The van der Waals surface area contributed by atoms with Gasteiger partial charge in [0.25, 0.3) is 0 Å². The summed E-state index contributed by atoms with van der Waals surface area (Å²) >= 11 is 5.05. The van der Waals surface area contributed by atoms with E-state index < -0.39 is 0 Å². The lowest BCUT2D eigenvalue weighted by Crippen LogP contribution is -2.00. The summed E-state index contributed by atoms with van der Waals surface area (Å²) in [7, 11) is 0. The summed E-state index contributed by atoms with van der Waals surface area (Å²) in [4.78, 5) is 0. The highest BCUT2D eigenvalue weighted by Crippen LogP contribution is 2.28. The smallest absolute Gasteiger partial charge is 0.175 e. The van der Waals surface area contributed by atoms with E-state index in [-0.39, 0.29) is 0 Å². The van der Waals surface area contributed by atoms with E-state index in [9.17, 15) is 0 Å². The molecule has 0 aliphatic heterocycles. The lowest BCUT2D eigenvalue weighted by atomic mass is 10.3. The van der Waals surface area contributed by atoms with Crippen LogP contribution in [0.25, 0.3) is 0 Å². The average Bonchev–Trinajstić information content (AvgIpc) is 2.94. The number of aromatic nitrogens is 2. The highest BCUT2D eigenvalue weighted by Gasteiger charge is 2.04. The van der Waals surface area contributed by atoms with E-state index in [0.29, 0.717) is 13.2 Å². The molecule has 21 heavy (non-hydrogen) atoms. The molecule has 0 atom stereocenters. The topological polar surface area (TPSA) is 44.2 Å². The second-order valence-electron chi connectivity index (χ2n) is 3.87. The van der Waals surface area contributed by atoms with E-state index >= 15 is 0 Å². The Balaban J connectivity index is 1.68. The number of ether oxygens (including phenoxy) is 2. The summed E-state index contributed by atoms with van der Waals surface area (Å²) in [5, 5.41) is 8.28.